The third kappa shape index (κ3) is 3.66. The molecule has 0 unspecified atom stereocenters. The van der Waals surface area contributed by atoms with Gasteiger partial charge in [0.25, 0.3) is 5.91 Å². The summed E-state index contributed by atoms with van der Waals surface area (Å²) in [6.07, 6.45) is 3.35. The molecule has 1 aliphatic rings. The first-order valence-corrected chi connectivity index (χ1v) is 10.7. The smallest absolute Gasteiger partial charge is 0.290 e. The molecule has 0 saturated heterocycles. The molecule has 3 heterocycles. The van der Waals surface area contributed by atoms with Gasteiger partial charge in [-0.2, -0.15) is 0 Å². The van der Waals surface area contributed by atoms with Crippen LogP contribution in [0.1, 0.15) is 52.2 Å². The van der Waals surface area contributed by atoms with E-state index in [1.807, 2.05) is 35.7 Å². The van der Waals surface area contributed by atoms with Gasteiger partial charge in [0.05, 0.1) is 16.5 Å². The van der Waals surface area contributed by atoms with Gasteiger partial charge >= 0.3 is 0 Å². The minimum atomic E-state index is -0.659. The molecule has 3 aromatic rings. The van der Waals surface area contributed by atoms with Crippen LogP contribution in [0.25, 0.3) is 0 Å². The lowest BCUT2D eigenvalue weighted by atomic mass is 9.93. The number of thiophene rings is 1. The monoisotopic (exact) mass is 418 g/mol. The van der Waals surface area contributed by atoms with Crippen LogP contribution in [-0.2, 0) is 11.3 Å². The summed E-state index contributed by atoms with van der Waals surface area (Å²) in [4.78, 5) is 32.4. The van der Waals surface area contributed by atoms with Gasteiger partial charge in [0.2, 0.25) is 5.78 Å². The van der Waals surface area contributed by atoms with Gasteiger partial charge in [-0.15, -0.1) is 11.3 Å². The summed E-state index contributed by atoms with van der Waals surface area (Å²) in [5.41, 5.74) is 2.91. The molecule has 5 nitrogen and oxygen atoms in total. The van der Waals surface area contributed by atoms with Crippen molar-refractivity contribution in [1.29, 1.82) is 0 Å². The maximum absolute atomic E-state index is 13.2. The number of carbonyl (C=O) groups excluding carboxylic acids is 2. The summed E-state index contributed by atoms with van der Waals surface area (Å²) >= 11 is 1.30. The maximum atomic E-state index is 13.2. The summed E-state index contributed by atoms with van der Waals surface area (Å²) in [6.45, 7) is 4.47. The molecule has 1 aromatic carbocycles. The lowest BCUT2D eigenvalue weighted by Crippen LogP contribution is -2.30. The number of aliphatic hydroxyl groups excluding tert-OH is 1. The first kappa shape index (κ1) is 20.0. The topological polar surface area (TPSA) is 70.5 Å². The number of carbonyl (C=O) groups is 2. The van der Waals surface area contributed by atoms with Gasteiger partial charge in [-0.05, 0) is 40.1 Å². The predicted molar refractivity (Wildman–Crippen MR) is 116 cm³/mol. The lowest BCUT2D eigenvalue weighted by molar-refractivity contribution is -0.130. The fourth-order valence-electron chi connectivity index (χ4n) is 3.69. The Morgan fingerprint density at radius 3 is 2.53 bits per heavy atom. The summed E-state index contributed by atoms with van der Waals surface area (Å²) in [6, 6.07) is 14.4. The molecule has 0 spiro atoms. The Bertz CT molecular complexity index is 1090. The minimum absolute atomic E-state index is 0.128. The molecule has 0 bridgehead atoms. The zero-order chi connectivity index (χ0) is 21.3. The first-order chi connectivity index (χ1) is 14.5. The standard InChI is InChI=1S/C24H22N2O3S/c1-15(2)17-7-9-18(10-8-17)21-20(22(27)19-6-4-12-30-19)23(28)24(29)26(21)14-16-5-3-11-25-13-16/h3-13,15,21,28H,14H2,1-2H3/t21-/m1/s1. The van der Waals surface area contributed by atoms with Gasteiger partial charge < -0.3 is 10.0 Å². The number of aliphatic hydroxyl groups is 1. The van der Waals surface area contributed by atoms with Gasteiger partial charge in [0.1, 0.15) is 0 Å². The Labute approximate surface area is 179 Å². The summed E-state index contributed by atoms with van der Waals surface area (Å²) < 4.78 is 0. The number of rotatable bonds is 6. The van der Waals surface area contributed by atoms with Crippen LogP contribution in [0.2, 0.25) is 0 Å². The summed E-state index contributed by atoms with van der Waals surface area (Å²) in [7, 11) is 0. The molecule has 0 aliphatic carbocycles. The molecule has 6 heteroatoms. The Kier molecular flexibility index (Phi) is 5.50. The highest BCUT2D eigenvalue weighted by molar-refractivity contribution is 7.12. The average Bonchev–Trinajstić information content (AvgIpc) is 3.37. The van der Waals surface area contributed by atoms with Gasteiger partial charge in [0, 0.05) is 18.9 Å². The Hall–Kier alpha value is -3.25. The van der Waals surface area contributed by atoms with Crippen LogP contribution in [0.15, 0.2) is 77.6 Å². The van der Waals surface area contributed by atoms with Crippen molar-refractivity contribution in [2.24, 2.45) is 0 Å². The molecule has 152 valence electrons. The number of hydrogen-bond acceptors (Lipinski definition) is 5. The van der Waals surface area contributed by atoms with Crippen molar-refractivity contribution < 1.29 is 14.7 Å². The molecule has 30 heavy (non-hydrogen) atoms. The van der Waals surface area contributed by atoms with Crippen LogP contribution in [0.5, 0.6) is 0 Å². The molecule has 1 N–H and O–H groups in total. The van der Waals surface area contributed by atoms with Crippen molar-refractivity contribution in [3.05, 3.63) is 99.2 Å². The van der Waals surface area contributed by atoms with Crippen molar-refractivity contribution >= 4 is 23.0 Å². The summed E-state index contributed by atoms with van der Waals surface area (Å²) in [5.74, 6) is -0.971. The molecule has 4 rings (SSSR count). The number of benzene rings is 1. The second-order valence-electron chi connectivity index (χ2n) is 7.59. The Morgan fingerprint density at radius 1 is 1.17 bits per heavy atom. The fourth-order valence-corrected chi connectivity index (χ4v) is 4.37. The molecule has 0 saturated carbocycles. The highest BCUT2D eigenvalue weighted by atomic mass is 32.1. The van der Waals surface area contributed by atoms with Crippen molar-refractivity contribution in [3.63, 3.8) is 0 Å². The largest absolute Gasteiger partial charge is 0.503 e. The second kappa shape index (κ2) is 8.24. The van der Waals surface area contributed by atoms with Crippen molar-refractivity contribution in [1.82, 2.24) is 9.88 Å². The van der Waals surface area contributed by atoms with E-state index in [9.17, 15) is 14.7 Å². The van der Waals surface area contributed by atoms with Gasteiger partial charge in [-0.1, -0.05) is 50.2 Å². The van der Waals surface area contributed by atoms with Gasteiger partial charge in [-0.3, -0.25) is 14.6 Å². The predicted octanol–water partition coefficient (Wildman–Crippen LogP) is 5.05. The van der Waals surface area contributed by atoms with Crippen LogP contribution in [0.4, 0.5) is 0 Å². The second-order valence-corrected chi connectivity index (χ2v) is 8.53. The van der Waals surface area contributed by atoms with E-state index in [1.165, 1.54) is 21.8 Å². The van der Waals surface area contributed by atoms with Gasteiger partial charge in [0.15, 0.2) is 5.76 Å². The van der Waals surface area contributed by atoms with Crippen LogP contribution >= 0.6 is 11.3 Å². The minimum Gasteiger partial charge on any atom is -0.503 e. The average molecular weight is 419 g/mol. The van der Waals surface area contributed by atoms with Crippen LogP contribution in [0.3, 0.4) is 0 Å². The quantitative estimate of drug-likeness (QED) is 0.569. The number of amides is 1. The van der Waals surface area contributed by atoms with E-state index in [0.717, 1.165) is 11.1 Å². The third-order valence-electron chi connectivity index (χ3n) is 5.29. The van der Waals surface area contributed by atoms with E-state index in [2.05, 4.69) is 18.8 Å². The highest BCUT2D eigenvalue weighted by Crippen LogP contribution is 2.40. The molecule has 0 fully saturated rings. The third-order valence-corrected chi connectivity index (χ3v) is 6.16. The molecular formula is C24H22N2O3S. The van der Waals surface area contributed by atoms with E-state index in [1.54, 1.807) is 30.6 Å². The van der Waals surface area contributed by atoms with Crippen molar-refractivity contribution in [2.75, 3.05) is 0 Å². The SMILES string of the molecule is CC(C)c1ccc([C@@H]2C(C(=O)c3cccs3)=C(O)C(=O)N2Cc2cccnc2)cc1. The number of nitrogens with zero attached hydrogens (tertiary/aromatic N) is 2. The molecule has 0 radical (unpaired) electrons. The Balaban J connectivity index is 1.78. The van der Waals surface area contributed by atoms with E-state index in [4.69, 9.17) is 0 Å². The molecule has 1 amide bonds. The molecule has 1 aliphatic heterocycles. The number of Topliss-reactive ketones (excluding diaryl/α,β-unsaturated/α-hetero) is 1. The number of ketones is 1. The van der Waals surface area contributed by atoms with E-state index < -0.39 is 17.7 Å². The maximum Gasteiger partial charge on any atom is 0.290 e. The van der Waals surface area contributed by atoms with E-state index in [0.29, 0.717) is 10.8 Å². The number of pyridine rings is 1. The van der Waals surface area contributed by atoms with Crippen LogP contribution in [-0.4, -0.2) is 26.7 Å². The molecule has 1 atom stereocenters. The number of aromatic nitrogens is 1. The van der Waals surface area contributed by atoms with Crippen molar-refractivity contribution in [2.45, 2.75) is 32.4 Å². The van der Waals surface area contributed by atoms with Crippen LogP contribution in [0, 0.1) is 0 Å². The Morgan fingerprint density at radius 2 is 1.93 bits per heavy atom. The normalized spacial score (nSPS) is 16.6. The lowest BCUT2D eigenvalue weighted by Gasteiger charge is -2.27. The van der Waals surface area contributed by atoms with E-state index in [-0.39, 0.29) is 17.9 Å². The van der Waals surface area contributed by atoms with E-state index >= 15 is 0 Å². The molecular weight excluding hydrogens is 396 g/mol. The molecule has 2 aromatic heterocycles. The zero-order valence-corrected chi connectivity index (χ0v) is 17.6. The summed E-state index contributed by atoms with van der Waals surface area (Å²) in [5, 5.41) is 12.5. The first-order valence-electron chi connectivity index (χ1n) is 9.78. The number of hydrogen-bond donors (Lipinski definition) is 1. The van der Waals surface area contributed by atoms with Crippen LogP contribution < -0.4 is 0 Å². The highest BCUT2D eigenvalue weighted by Gasteiger charge is 2.43. The van der Waals surface area contributed by atoms with Gasteiger partial charge in [-0.25, -0.2) is 0 Å². The zero-order valence-electron chi connectivity index (χ0n) is 16.8. The van der Waals surface area contributed by atoms with Crippen molar-refractivity contribution in [3.8, 4) is 0 Å². The fraction of sp³-hybridized carbons (Fsp3) is 0.208.